The monoisotopic (exact) mass is 331 g/mol. The predicted molar refractivity (Wildman–Crippen MR) is 67.4 cm³/mol. The fourth-order valence-corrected chi connectivity index (χ4v) is 2.18. The summed E-state index contributed by atoms with van der Waals surface area (Å²) >= 11 is 3.08. The zero-order chi connectivity index (χ0) is 14.0. The highest BCUT2D eigenvalue weighted by molar-refractivity contribution is 9.10. The van der Waals surface area contributed by atoms with Crippen LogP contribution in [0.3, 0.4) is 0 Å². The van der Waals surface area contributed by atoms with Crippen LogP contribution in [0.5, 0.6) is 0 Å². The van der Waals surface area contributed by atoms with Gasteiger partial charge < -0.3 is 15.2 Å². The standard InChI is InChI=1S/C12H11BrFNO4/c13-7-1-2-8(9(14)5-7)10(16)15-12(11(17)18)3-4-19-6-12/h1-2,5H,3-4,6H2,(H,15,16)(H,17,18). The van der Waals surface area contributed by atoms with Crippen LogP contribution in [0.25, 0.3) is 0 Å². The number of halogens is 2. The molecule has 0 aliphatic carbocycles. The quantitative estimate of drug-likeness (QED) is 0.881. The van der Waals surface area contributed by atoms with E-state index < -0.39 is 23.2 Å². The molecular formula is C12H11BrFNO4. The summed E-state index contributed by atoms with van der Waals surface area (Å²) in [5.74, 6) is -2.67. The van der Waals surface area contributed by atoms with Gasteiger partial charge >= 0.3 is 5.97 Å². The lowest BCUT2D eigenvalue weighted by Crippen LogP contribution is -2.55. The molecule has 5 nitrogen and oxygen atoms in total. The molecule has 7 heteroatoms. The summed E-state index contributed by atoms with van der Waals surface area (Å²) in [7, 11) is 0. The first-order valence-corrected chi connectivity index (χ1v) is 6.33. The molecule has 0 bridgehead atoms. The van der Waals surface area contributed by atoms with E-state index in [2.05, 4.69) is 21.2 Å². The van der Waals surface area contributed by atoms with Crippen LogP contribution in [0.2, 0.25) is 0 Å². The highest BCUT2D eigenvalue weighted by Crippen LogP contribution is 2.21. The number of hydrogen-bond donors (Lipinski definition) is 2. The summed E-state index contributed by atoms with van der Waals surface area (Å²) in [6.45, 7) is 0.127. The van der Waals surface area contributed by atoms with Crippen molar-refractivity contribution in [2.24, 2.45) is 0 Å². The predicted octanol–water partition coefficient (Wildman–Crippen LogP) is 1.56. The van der Waals surface area contributed by atoms with Crippen LogP contribution in [0.15, 0.2) is 22.7 Å². The zero-order valence-electron chi connectivity index (χ0n) is 9.78. The minimum absolute atomic E-state index is 0.119. The average molecular weight is 332 g/mol. The second kappa shape index (κ2) is 5.26. The van der Waals surface area contributed by atoms with Crippen molar-refractivity contribution in [1.82, 2.24) is 5.32 Å². The Kier molecular flexibility index (Phi) is 3.86. The van der Waals surface area contributed by atoms with Crippen molar-refractivity contribution in [2.45, 2.75) is 12.0 Å². The Hall–Kier alpha value is -1.47. The van der Waals surface area contributed by atoms with Crippen LogP contribution in [0, 0.1) is 5.82 Å². The molecule has 1 amide bonds. The Balaban J connectivity index is 2.22. The number of rotatable bonds is 3. The molecule has 19 heavy (non-hydrogen) atoms. The molecule has 1 aromatic carbocycles. The van der Waals surface area contributed by atoms with Crippen LogP contribution in [0.1, 0.15) is 16.8 Å². The highest BCUT2D eigenvalue weighted by Gasteiger charge is 2.44. The number of nitrogens with one attached hydrogen (secondary N) is 1. The molecule has 1 saturated heterocycles. The van der Waals surface area contributed by atoms with Gasteiger partial charge in [-0.1, -0.05) is 15.9 Å². The lowest BCUT2D eigenvalue weighted by Gasteiger charge is -2.23. The molecule has 1 heterocycles. The van der Waals surface area contributed by atoms with Crippen molar-refractivity contribution >= 4 is 27.8 Å². The lowest BCUT2D eigenvalue weighted by molar-refractivity contribution is -0.144. The van der Waals surface area contributed by atoms with Crippen LogP contribution in [-0.2, 0) is 9.53 Å². The number of carbonyl (C=O) groups is 2. The summed E-state index contributed by atoms with van der Waals surface area (Å²) in [6.07, 6.45) is 0.159. The molecule has 1 aliphatic rings. The summed E-state index contributed by atoms with van der Waals surface area (Å²) < 4.78 is 19.1. The first-order chi connectivity index (χ1) is 8.94. The Morgan fingerprint density at radius 2 is 2.21 bits per heavy atom. The Bertz CT molecular complexity index is 528. The maximum atomic E-state index is 13.6. The SMILES string of the molecule is O=C(NC1(C(=O)O)CCOC1)c1ccc(Br)cc1F. The number of hydrogen-bond acceptors (Lipinski definition) is 3. The largest absolute Gasteiger partial charge is 0.479 e. The van der Waals surface area contributed by atoms with Crippen molar-refractivity contribution in [3.8, 4) is 0 Å². The van der Waals surface area contributed by atoms with Crippen molar-refractivity contribution < 1.29 is 23.8 Å². The number of carbonyl (C=O) groups excluding carboxylic acids is 1. The van der Waals surface area contributed by atoms with Gasteiger partial charge in [0.05, 0.1) is 12.2 Å². The topological polar surface area (TPSA) is 75.6 Å². The van der Waals surface area contributed by atoms with Gasteiger partial charge in [0, 0.05) is 17.5 Å². The molecule has 2 N–H and O–H groups in total. The molecule has 1 atom stereocenters. The van der Waals surface area contributed by atoms with E-state index in [4.69, 9.17) is 4.74 Å². The molecule has 2 rings (SSSR count). The van der Waals surface area contributed by atoms with Gasteiger partial charge in [-0.25, -0.2) is 9.18 Å². The van der Waals surface area contributed by atoms with E-state index >= 15 is 0 Å². The number of carboxylic acid groups (broad SMARTS) is 1. The van der Waals surface area contributed by atoms with E-state index in [-0.39, 0.29) is 25.2 Å². The van der Waals surface area contributed by atoms with Crippen molar-refractivity contribution in [2.75, 3.05) is 13.2 Å². The molecule has 1 aliphatic heterocycles. The van der Waals surface area contributed by atoms with Gasteiger partial charge in [0.2, 0.25) is 0 Å². The van der Waals surface area contributed by atoms with Crippen molar-refractivity contribution in [3.63, 3.8) is 0 Å². The van der Waals surface area contributed by atoms with Crippen LogP contribution < -0.4 is 5.32 Å². The van der Waals surface area contributed by atoms with Gasteiger partial charge in [0.1, 0.15) is 5.82 Å². The van der Waals surface area contributed by atoms with E-state index in [1.54, 1.807) is 0 Å². The molecule has 1 aromatic rings. The Labute approximate surface area is 116 Å². The third kappa shape index (κ3) is 2.76. The van der Waals surface area contributed by atoms with Gasteiger partial charge in [-0.15, -0.1) is 0 Å². The van der Waals surface area contributed by atoms with Crippen molar-refractivity contribution in [1.29, 1.82) is 0 Å². The van der Waals surface area contributed by atoms with Crippen molar-refractivity contribution in [3.05, 3.63) is 34.1 Å². The molecule has 102 valence electrons. The zero-order valence-corrected chi connectivity index (χ0v) is 11.4. The van der Waals surface area contributed by atoms with Gasteiger partial charge in [0.25, 0.3) is 5.91 Å². The second-order valence-corrected chi connectivity index (χ2v) is 5.18. The summed E-state index contributed by atoms with van der Waals surface area (Å²) in [4.78, 5) is 23.2. The Morgan fingerprint density at radius 3 is 2.74 bits per heavy atom. The van der Waals surface area contributed by atoms with E-state index in [0.29, 0.717) is 4.47 Å². The minimum Gasteiger partial charge on any atom is -0.479 e. The minimum atomic E-state index is -1.48. The van der Waals surface area contributed by atoms with E-state index in [0.717, 1.165) is 6.07 Å². The number of benzene rings is 1. The molecule has 0 radical (unpaired) electrons. The average Bonchev–Trinajstić information content (AvgIpc) is 2.78. The molecule has 1 fully saturated rings. The molecule has 1 unspecified atom stereocenters. The first-order valence-electron chi connectivity index (χ1n) is 5.53. The normalized spacial score (nSPS) is 22.2. The van der Waals surface area contributed by atoms with Crippen LogP contribution >= 0.6 is 15.9 Å². The van der Waals surface area contributed by atoms with E-state index in [9.17, 15) is 19.1 Å². The fourth-order valence-electron chi connectivity index (χ4n) is 1.84. The molecule has 0 saturated carbocycles. The fraction of sp³-hybridized carbons (Fsp3) is 0.333. The summed E-state index contributed by atoms with van der Waals surface area (Å²) in [5, 5.41) is 11.5. The number of amides is 1. The number of ether oxygens (including phenoxy) is 1. The molecule has 0 aromatic heterocycles. The van der Waals surface area contributed by atoms with Crippen LogP contribution in [-0.4, -0.2) is 35.7 Å². The van der Waals surface area contributed by atoms with Gasteiger partial charge in [0.15, 0.2) is 5.54 Å². The maximum Gasteiger partial charge on any atom is 0.331 e. The smallest absolute Gasteiger partial charge is 0.331 e. The maximum absolute atomic E-state index is 13.6. The van der Waals surface area contributed by atoms with Crippen LogP contribution in [0.4, 0.5) is 4.39 Å². The van der Waals surface area contributed by atoms with Gasteiger partial charge in [-0.2, -0.15) is 0 Å². The number of aliphatic carboxylic acids is 1. The van der Waals surface area contributed by atoms with E-state index in [1.807, 2.05) is 0 Å². The summed E-state index contributed by atoms with van der Waals surface area (Å²) in [6, 6.07) is 3.95. The van der Waals surface area contributed by atoms with Gasteiger partial charge in [-0.05, 0) is 18.2 Å². The highest BCUT2D eigenvalue weighted by atomic mass is 79.9. The second-order valence-electron chi connectivity index (χ2n) is 4.27. The number of carboxylic acids is 1. The van der Waals surface area contributed by atoms with E-state index in [1.165, 1.54) is 12.1 Å². The molecule has 0 spiro atoms. The third-order valence-electron chi connectivity index (χ3n) is 2.96. The lowest BCUT2D eigenvalue weighted by atomic mass is 9.98. The van der Waals surface area contributed by atoms with Gasteiger partial charge in [-0.3, -0.25) is 4.79 Å². The third-order valence-corrected chi connectivity index (χ3v) is 3.45. The molecular weight excluding hydrogens is 321 g/mol. The summed E-state index contributed by atoms with van der Waals surface area (Å²) in [5.41, 5.74) is -1.67. The Morgan fingerprint density at radius 1 is 1.47 bits per heavy atom. The first kappa shape index (κ1) is 14.0.